The Morgan fingerprint density at radius 3 is 1.89 bits per heavy atom. The van der Waals surface area contributed by atoms with Crippen molar-refractivity contribution in [1.82, 2.24) is 31.5 Å². The molecule has 2 saturated heterocycles. The molecule has 5 amide bonds. The number of hydrogen-bond acceptors (Lipinski definition) is 9. The van der Waals surface area contributed by atoms with Gasteiger partial charge >= 0.3 is 11.9 Å². The van der Waals surface area contributed by atoms with Crippen molar-refractivity contribution in [3.05, 3.63) is 0 Å². The van der Waals surface area contributed by atoms with E-state index in [1.54, 1.807) is 13.8 Å². The monoisotopic (exact) mass is 642 g/mol. The average Bonchev–Trinajstić information content (AvgIpc) is 3.65. The number of carboxylic acid groups (broad SMARTS) is 3. The fourth-order valence-electron chi connectivity index (χ4n) is 4.78. The van der Waals surface area contributed by atoms with Gasteiger partial charge in [0.05, 0.1) is 6.04 Å². The van der Waals surface area contributed by atoms with Crippen molar-refractivity contribution in [3.8, 4) is 0 Å². The summed E-state index contributed by atoms with van der Waals surface area (Å²) in [4.78, 5) is 97.1. The molecule has 0 aliphatic carbocycles. The van der Waals surface area contributed by atoms with Crippen LogP contribution in [-0.2, 0) is 38.4 Å². The van der Waals surface area contributed by atoms with E-state index in [4.69, 9.17) is 9.90 Å². The van der Waals surface area contributed by atoms with Crippen molar-refractivity contribution in [2.75, 3.05) is 13.1 Å². The topological polar surface area (TPSA) is 261 Å². The third-order valence-corrected chi connectivity index (χ3v) is 7.21. The molecule has 0 aromatic heterocycles. The lowest BCUT2D eigenvalue weighted by Gasteiger charge is -2.30. The Balaban J connectivity index is 0.00000238. The highest BCUT2D eigenvalue weighted by Gasteiger charge is 2.39. The molecule has 2 heterocycles. The molecule has 2 aliphatic rings. The first-order valence-electron chi connectivity index (χ1n) is 14.9. The van der Waals surface area contributed by atoms with Crippen LogP contribution in [0.3, 0.4) is 0 Å². The quantitative estimate of drug-likeness (QED) is 0.107. The molecule has 17 heteroatoms. The number of amides is 5. The molecular weight excluding hydrogens is 596 g/mol. The second kappa shape index (κ2) is 18.5. The molecule has 0 aromatic carbocycles. The fraction of sp³-hybridized carbons (Fsp3) is 0.714. The number of likely N-dealkylation sites (tertiary alicyclic amines) is 1. The normalized spacial score (nSPS) is 20.0. The van der Waals surface area contributed by atoms with E-state index in [1.807, 2.05) is 0 Å². The lowest BCUT2D eigenvalue weighted by atomic mass is 10.0. The molecule has 2 aliphatic heterocycles. The molecule has 2 rings (SSSR count). The van der Waals surface area contributed by atoms with E-state index in [0.29, 0.717) is 19.4 Å². The van der Waals surface area contributed by atoms with Crippen LogP contribution in [0.1, 0.15) is 73.1 Å². The summed E-state index contributed by atoms with van der Waals surface area (Å²) in [6.45, 7) is 8.07. The summed E-state index contributed by atoms with van der Waals surface area (Å²) < 4.78 is 0. The van der Waals surface area contributed by atoms with Crippen molar-refractivity contribution >= 4 is 47.4 Å². The first-order chi connectivity index (χ1) is 21.0. The first kappa shape index (κ1) is 38.7. The van der Waals surface area contributed by atoms with Gasteiger partial charge in [0.25, 0.3) is 5.97 Å². The van der Waals surface area contributed by atoms with Crippen molar-refractivity contribution < 1.29 is 53.7 Å². The van der Waals surface area contributed by atoms with Crippen LogP contribution in [0.4, 0.5) is 0 Å². The largest absolute Gasteiger partial charge is 0.481 e. The van der Waals surface area contributed by atoms with Crippen LogP contribution in [0, 0.1) is 5.92 Å². The molecule has 45 heavy (non-hydrogen) atoms. The number of rotatable bonds is 14. The third-order valence-electron chi connectivity index (χ3n) is 7.21. The average molecular weight is 643 g/mol. The SMILES string of the molecule is CC(=O)O.CC(C)[C@H](NC(=O)[C@@H]1CCCN1C(=O)[C@H](CCC(=O)O)NC(=O)[C@H](C)NC(=O)[C@H](C)NC(=O)[C@@H]1CCCN1)C(=O)O. The van der Waals surface area contributed by atoms with E-state index in [-0.39, 0.29) is 31.3 Å². The zero-order valence-electron chi connectivity index (χ0n) is 26.3. The standard InChI is InChI=1S/C26H42N6O9.C2H4O2/c1-13(2)20(26(40)41)31-24(38)18-8-6-12-32(18)25(39)17(9-10-19(33)34)30-22(36)15(4)28-21(35)14(3)29-23(37)16-7-5-11-27-16;1-2(3)4/h13-18,20,27H,5-12H2,1-4H3,(H,28,35)(H,29,37)(H,30,36)(H,31,38)(H,33,34)(H,40,41);1H3,(H,3,4)/t14-,15-,16-,17-,18-,20-;/m0./s1. The number of nitrogens with zero attached hydrogens (tertiary/aromatic N) is 1. The lowest BCUT2D eigenvalue weighted by molar-refractivity contribution is -0.146. The van der Waals surface area contributed by atoms with Gasteiger partial charge in [-0.1, -0.05) is 13.8 Å². The number of hydrogen-bond donors (Lipinski definition) is 8. The number of carbonyl (C=O) groups excluding carboxylic acids is 5. The Kier molecular flexibility index (Phi) is 15.9. The van der Waals surface area contributed by atoms with E-state index in [0.717, 1.165) is 13.3 Å². The van der Waals surface area contributed by atoms with Crippen molar-refractivity contribution in [2.45, 2.75) is 109 Å². The van der Waals surface area contributed by atoms with Crippen LogP contribution < -0.4 is 26.6 Å². The summed E-state index contributed by atoms with van der Waals surface area (Å²) in [5.74, 6) is -6.69. The summed E-state index contributed by atoms with van der Waals surface area (Å²) in [6.07, 6.45) is 1.51. The molecule has 0 saturated carbocycles. The van der Waals surface area contributed by atoms with Crippen LogP contribution >= 0.6 is 0 Å². The maximum Gasteiger partial charge on any atom is 0.326 e. The number of carbonyl (C=O) groups is 8. The Labute approximate surface area is 261 Å². The van der Waals surface area contributed by atoms with Gasteiger partial charge in [-0.3, -0.25) is 33.6 Å². The minimum absolute atomic E-state index is 0.162. The van der Waals surface area contributed by atoms with E-state index in [9.17, 15) is 43.8 Å². The van der Waals surface area contributed by atoms with Crippen molar-refractivity contribution in [3.63, 3.8) is 0 Å². The maximum atomic E-state index is 13.4. The van der Waals surface area contributed by atoms with Gasteiger partial charge in [-0.15, -0.1) is 0 Å². The van der Waals surface area contributed by atoms with Gasteiger partial charge < -0.3 is 46.8 Å². The Hall–Kier alpha value is -4.28. The van der Waals surface area contributed by atoms with Gasteiger partial charge in [0.2, 0.25) is 29.5 Å². The summed E-state index contributed by atoms with van der Waals surface area (Å²) >= 11 is 0. The molecule has 0 unspecified atom stereocenters. The van der Waals surface area contributed by atoms with Crippen LogP contribution in [0.25, 0.3) is 0 Å². The Morgan fingerprint density at radius 2 is 1.38 bits per heavy atom. The molecule has 8 N–H and O–H groups in total. The molecule has 0 spiro atoms. The number of nitrogens with one attached hydrogen (secondary N) is 5. The number of carboxylic acids is 3. The predicted molar refractivity (Wildman–Crippen MR) is 157 cm³/mol. The molecule has 6 atom stereocenters. The smallest absolute Gasteiger partial charge is 0.326 e. The summed E-state index contributed by atoms with van der Waals surface area (Å²) in [6, 6.07) is -5.90. The molecule has 0 bridgehead atoms. The minimum Gasteiger partial charge on any atom is -0.481 e. The third kappa shape index (κ3) is 13.1. The summed E-state index contributed by atoms with van der Waals surface area (Å²) in [5, 5.41) is 39.0. The van der Waals surface area contributed by atoms with Crippen molar-refractivity contribution in [2.24, 2.45) is 5.92 Å². The summed E-state index contributed by atoms with van der Waals surface area (Å²) in [5.41, 5.74) is 0. The predicted octanol–water partition coefficient (Wildman–Crippen LogP) is -1.60. The van der Waals surface area contributed by atoms with Gasteiger partial charge in [-0.25, -0.2) is 4.79 Å². The van der Waals surface area contributed by atoms with Gasteiger partial charge in [0.15, 0.2) is 0 Å². The molecule has 0 aromatic rings. The molecule has 17 nitrogen and oxygen atoms in total. The van der Waals surface area contributed by atoms with Gasteiger partial charge in [-0.05, 0) is 58.4 Å². The molecule has 2 fully saturated rings. The van der Waals surface area contributed by atoms with Crippen LogP contribution in [0.2, 0.25) is 0 Å². The van der Waals surface area contributed by atoms with Gasteiger partial charge in [0, 0.05) is 19.9 Å². The van der Waals surface area contributed by atoms with E-state index < -0.39 is 84.1 Å². The highest BCUT2D eigenvalue weighted by molar-refractivity contribution is 5.96. The second-order valence-corrected chi connectivity index (χ2v) is 11.4. The second-order valence-electron chi connectivity index (χ2n) is 11.4. The zero-order valence-corrected chi connectivity index (χ0v) is 26.3. The van der Waals surface area contributed by atoms with E-state index >= 15 is 0 Å². The highest BCUT2D eigenvalue weighted by Crippen LogP contribution is 2.20. The minimum atomic E-state index is -1.31. The highest BCUT2D eigenvalue weighted by atomic mass is 16.4. The fourth-order valence-corrected chi connectivity index (χ4v) is 4.78. The zero-order chi connectivity index (χ0) is 34.4. The van der Waals surface area contributed by atoms with Gasteiger partial charge in [0.1, 0.15) is 30.2 Å². The maximum absolute atomic E-state index is 13.4. The molecule has 0 radical (unpaired) electrons. The van der Waals surface area contributed by atoms with Crippen LogP contribution in [-0.4, -0.2) is 117 Å². The van der Waals surface area contributed by atoms with Crippen LogP contribution in [0.15, 0.2) is 0 Å². The molecular formula is C28H46N6O11. The first-order valence-corrected chi connectivity index (χ1v) is 14.9. The lowest BCUT2D eigenvalue weighted by Crippen LogP contribution is -2.58. The Morgan fingerprint density at radius 1 is 0.800 bits per heavy atom. The Bertz CT molecular complexity index is 1100. The van der Waals surface area contributed by atoms with Crippen LogP contribution in [0.5, 0.6) is 0 Å². The van der Waals surface area contributed by atoms with Crippen molar-refractivity contribution in [1.29, 1.82) is 0 Å². The van der Waals surface area contributed by atoms with E-state index in [2.05, 4.69) is 26.6 Å². The number of aliphatic carboxylic acids is 3. The van der Waals surface area contributed by atoms with Gasteiger partial charge in [-0.2, -0.15) is 0 Å². The summed E-state index contributed by atoms with van der Waals surface area (Å²) in [7, 11) is 0. The molecule has 254 valence electrons. The van der Waals surface area contributed by atoms with E-state index in [1.165, 1.54) is 18.7 Å².